The average Bonchev–Trinajstić information content (AvgIpc) is 3.06. The highest BCUT2D eigenvalue weighted by molar-refractivity contribution is 5.60. The van der Waals surface area contributed by atoms with Crippen molar-refractivity contribution < 1.29 is 10.2 Å². The van der Waals surface area contributed by atoms with E-state index in [0.717, 1.165) is 25.7 Å². The Balaban J connectivity index is 0.000000142. The van der Waals surface area contributed by atoms with Crippen molar-refractivity contribution >= 4 is 0 Å². The minimum atomic E-state index is -0.319. The summed E-state index contributed by atoms with van der Waals surface area (Å²) in [4.78, 5) is 0. The van der Waals surface area contributed by atoms with E-state index in [1.165, 1.54) is 57.3 Å². The molecule has 0 aromatic heterocycles. The zero-order valence-corrected chi connectivity index (χ0v) is 26.1. The number of rotatable bonds is 8. The van der Waals surface area contributed by atoms with Crippen LogP contribution in [0.15, 0.2) is 97.1 Å². The van der Waals surface area contributed by atoms with Gasteiger partial charge in [-0.3, -0.25) is 0 Å². The molecule has 0 fully saturated rings. The quantitative estimate of drug-likeness (QED) is 0.194. The standard InChI is InChI=1S/2C20H23NO/c2*1-21-13-14(22)12-20-11-10-15(16-6-2-4-8-18(16)20)17-7-3-5-9-19(17)20/h2*2-9,14-15,21-22H,10-13H2,1H3. The van der Waals surface area contributed by atoms with Crippen molar-refractivity contribution in [3.05, 3.63) is 142 Å². The van der Waals surface area contributed by atoms with Crippen LogP contribution in [0.25, 0.3) is 0 Å². The summed E-state index contributed by atoms with van der Waals surface area (Å²) in [6, 6.07) is 35.5. The molecule has 0 heterocycles. The molecule has 6 aliphatic rings. The van der Waals surface area contributed by atoms with E-state index in [-0.39, 0.29) is 23.0 Å². The molecule has 0 amide bonds. The van der Waals surface area contributed by atoms with Crippen LogP contribution < -0.4 is 10.6 Å². The third-order valence-electron chi connectivity index (χ3n) is 11.2. The van der Waals surface area contributed by atoms with Crippen LogP contribution in [0.4, 0.5) is 0 Å². The fourth-order valence-corrected chi connectivity index (χ4v) is 9.58. The number of nitrogens with one attached hydrogen (secondary N) is 2. The van der Waals surface area contributed by atoms with E-state index in [2.05, 4.69) is 108 Å². The maximum Gasteiger partial charge on any atom is 0.0676 e. The number of benzene rings is 4. The molecule has 0 radical (unpaired) electrons. The largest absolute Gasteiger partial charge is 0.392 e. The van der Waals surface area contributed by atoms with Crippen molar-refractivity contribution in [2.75, 3.05) is 27.2 Å². The van der Waals surface area contributed by atoms with Gasteiger partial charge in [0.1, 0.15) is 0 Å². The van der Waals surface area contributed by atoms with E-state index in [9.17, 15) is 10.2 Å². The second kappa shape index (κ2) is 11.9. The van der Waals surface area contributed by atoms with Gasteiger partial charge in [0.25, 0.3) is 0 Å². The number of likely N-dealkylation sites (N-methyl/N-ethyl adjacent to an activating group) is 2. The highest BCUT2D eigenvalue weighted by Gasteiger charge is 2.49. The third-order valence-corrected chi connectivity index (χ3v) is 11.2. The number of hydrogen-bond acceptors (Lipinski definition) is 4. The first-order valence-electron chi connectivity index (χ1n) is 16.6. The lowest BCUT2D eigenvalue weighted by molar-refractivity contribution is 0.129. The molecule has 4 N–H and O–H groups in total. The van der Waals surface area contributed by atoms with Crippen molar-refractivity contribution in [1.82, 2.24) is 10.6 Å². The number of aliphatic hydroxyl groups excluding tert-OH is 2. The lowest BCUT2D eigenvalue weighted by atomic mass is 9.53. The molecule has 10 rings (SSSR count). The van der Waals surface area contributed by atoms with Crippen LogP contribution in [0.2, 0.25) is 0 Å². The molecule has 0 aliphatic heterocycles. The van der Waals surface area contributed by atoms with Gasteiger partial charge in [-0.25, -0.2) is 0 Å². The van der Waals surface area contributed by atoms with Gasteiger partial charge in [-0.15, -0.1) is 0 Å². The first-order valence-corrected chi connectivity index (χ1v) is 16.6. The zero-order chi connectivity index (χ0) is 30.3. The predicted molar refractivity (Wildman–Crippen MR) is 179 cm³/mol. The molecule has 6 aliphatic carbocycles. The Labute approximate surface area is 262 Å². The predicted octanol–water partition coefficient (Wildman–Crippen LogP) is 6.36. The summed E-state index contributed by atoms with van der Waals surface area (Å²) in [6.07, 6.45) is 5.64. The monoisotopic (exact) mass is 586 g/mol. The fraction of sp³-hybridized carbons (Fsp3) is 0.400. The first kappa shape index (κ1) is 29.4. The van der Waals surface area contributed by atoms with Crippen LogP contribution in [0.3, 0.4) is 0 Å². The van der Waals surface area contributed by atoms with Gasteiger partial charge in [0.05, 0.1) is 12.2 Å². The molecule has 0 spiro atoms. The number of aliphatic hydroxyl groups is 2. The third kappa shape index (κ3) is 4.66. The van der Waals surface area contributed by atoms with Crippen molar-refractivity contribution in [3.63, 3.8) is 0 Å². The lowest BCUT2D eigenvalue weighted by Gasteiger charge is -2.50. The van der Waals surface area contributed by atoms with Crippen LogP contribution in [-0.2, 0) is 10.8 Å². The Bertz CT molecular complexity index is 1410. The molecule has 228 valence electrons. The summed E-state index contributed by atoms with van der Waals surface area (Å²) in [5.41, 5.74) is 11.7. The smallest absolute Gasteiger partial charge is 0.0676 e. The van der Waals surface area contributed by atoms with Crippen molar-refractivity contribution in [3.8, 4) is 0 Å². The van der Waals surface area contributed by atoms with Crippen molar-refractivity contribution in [2.24, 2.45) is 0 Å². The van der Waals surface area contributed by atoms with Crippen LogP contribution in [0.1, 0.15) is 94.9 Å². The summed E-state index contributed by atoms with van der Waals surface area (Å²) in [7, 11) is 3.81. The van der Waals surface area contributed by atoms with Gasteiger partial charge >= 0.3 is 0 Å². The maximum absolute atomic E-state index is 10.5. The van der Waals surface area contributed by atoms with Crippen LogP contribution in [-0.4, -0.2) is 49.6 Å². The molecule has 4 bridgehead atoms. The SMILES string of the molecule is CNCC(O)CC12CCC(c3ccccc31)c1ccccc12.CNCC(O)CC12CCC(c3ccccc31)c1ccccc12. The Morgan fingerprint density at radius 1 is 0.545 bits per heavy atom. The zero-order valence-electron chi connectivity index (χ0n) is 26.1. The van der Waals surface area contributed by atoms with Gasteiger partial charge in [0.2, 0.25) is 0 Å². The molecular weight excluding hydrogens is 540 g/mol. The Kier molecular flexibility index (Phi) is 7.96. The Morgan fingerprint density at radius 3 is 1.14 bits per heavy atom. The van der Waals surface area contributed by atoms with Crippen LogP contribution in [0.5, 0.6) is 0 Å². The fourth-order valence-electron chi connectivity index (χ4n) is 9.58. The first-order chi connectivity index (χ1) is 21.5. The van der Waals surface area contributed by atoms with Gasteiger partial charge < -0.3 is 20.8 Å². The molecule has 0 saturated heterocycles. The minimum absolute atomic E-state index is 0.0157. The summed E-state index contributed by atoms with van der Waals surface area (Å²) in [6.45, 7) is 1.30. The van der Waals surface area contributed by atoms with Gasteiger partial charge in [-0.1, -0.05) is 97.1 Å². The second-order valence-electron chi connectivity index (χ2n) is 13.5. The molecule has 0 saturated carbocycles. The van der Waals surface area contributed by atoms with Gasteiger partial charge in [0.15, 0.2) is 0 Å². The molecule has 2 atom stereocenters. The van der Waals surface area contributed by atoms with E-state index in [1.54, 1.807) is 0 Å². The average molecular weight is 587 g/mol. The molecule has 4 heteroatoms. The highest BCUT2D eigenvalue weighted by atomic mass is 16.3. The summed E-state index contributed by atoms with van der Waals surface area (Å²) < 4.78 is 0. The van der Waals surface area contributed by atoms with Gasteiger partial charge in [-0.2, -0.15) is 0 Å². The van der Waals surface area contributed by atoms with E-state index < -0.39 is 0 Å². The Morgan fingerprint density at radius 2 is 0.841 bits per heavy atom. The Hall–Kier alpha value is -3.28. The summed E-state index contributed by atoms with van der Waals surface area (Å²) in [5, 5.41) is 27.2. The summed E-state index contributed by atoms with van der Waals surface area (Å²) in [5.74, 6) is 1.08. The minimum Gasteiger partial charge on any atom is -0.392 e. The van der Waals surface area contributed by atoms with Crippen LogP contribution in [0, 0.1) is 0 Å². The molecule has 4 nitrogen and oxygen atoms in total. The molecular formula is C40H46N2O2. The van der Waals surface area contributed by atoms with Gasteiger partial charge in [-0.05, 0) is 97.1 Å². The highest BCUT2D eigenvalue weighted by Crippen LogP contribution is 2.59. The van der Waals surface area contributed by atoms with Gasteiger partial charge in [0, 0.05) is 35.8 Å². The lowest BCUT2D eigenvalue weighted by Crippen LogP contribution is -2.43. The molecule has 4 aromatic carbocycles. The van der Waals surface area contributed by atoms with E-state index in [1.807, 2.05) is 14.1 Å². The van der Waals surface area contributed by atoms with Crippen molar-refractivity contribution in [1.29, 1.82) is 0 Å². The van der Waals surface area contributed by atoms with E-state index in [4.69, 9.17) is 0 Å². The molecule has 2 unspecified atom stereocenters. The van der Waals surface area contributed by atoms with Crippen LogP contribution >= 0.6 is 0 Å². The maximum atomic E-state index is 10.5. The number of hydrogen-bond donors (Lipinski definition) is 4. The van der Waals surface area contributed by atoms with E-state index in [0.29, 0.717) is 24.9 Å². The normalized spacial score (nSPS) is 26.4. The topological polar surface area (TPSA) is 64.5 Å². The molecule has 44 heavy (non-hydrogen) atoms. The summed E-state index contributed by atoms with van der Waals surface area (Å²) >= 11 is 0. The second-order valence-corrected chi connectivity index (χ2v) is 13.5. The number of fused-ring (bicyclic) bond motifs is 2. The molecule has 4 aromatic rings. The van der Waals surface area contributed by atoms with E-state index >= 15 is 0 Å². The van der Waals surface area contributed by atoms with Crippen molar-refractivity contribution in [2.45, 2.75) is 73.4 Å².